The summed E-state index contributed by atoms with van der Waals surface area (Å²) >= 11 is 0. The molecule has 0 N–H and O–H groups in total. The van der Waals surface area contributed by atoms with E-state index in [1.54, 1.807) is 14.2 Å². The fourth-order valence-electron chi connectivity index (χ4n) is 2.32. The molecule has 1 aromatic carbocycles. The summed E-state index contributed by atoms with van der Waals surface area (Å²) in [6, 6.07) is 4.25. The molecular weight excluding hydrogens is 238 g/mol. The van der Waals surface area contributed by atoms with E-state index in [0.717, 1.165) is 17.1 Å². The van der Waals surface area contributed by atoms with Crippen LogP contribution in [0, 0.1) is 6.92 Å². The van der Waals surface area contributed by atoms with Crippen LogP contribution in [-0.4, -0.2) is 27.5 Å². The number of hydrogen-bond acceptors (Lipinski definition) is 3. The third-order valence-corrected chi connectivity index (χ3v) is 3.40. The molecule has 0 atom stereocenters. The van der Waals surface area contributed by atoms with Crippen molar-refractivity contribution in [1.29, 1.82) is 0 Å². The van der Waals surface area contributed by atoms with Crippen LogP contribution in [0.25, 0.3) is 0 Å². The van der Waals surface area contributed by atoms with Crippen LogP contribution in [0.4, 0.5) is 0 Å². The van der Waals surface area contributed by atoms with Crippen LogP contribution in [0.3, 0.4) is 0 Å². The first-order valence-corrected chi connectivity index (χ1v) is 6.83. The zero-order chi connectivity index (χ0) is 14.5. The molecule has 1 aliphatic rings. The molecule has 106 valence electrons. The summed E-state index contributed by atoms with van der Waals surface area (Å²) in [5, 5.41) is 0. The van der Waals surface area contributed by atoms with E-state index in [1.807, 2.05) is 34.0 Å². The first kappa shape index (κ1) is 15.5. The average Bonchev–Trinajstić information content (AvgIpc) is 3.21. The van der Waals surface area contributed by atoms with Crippen molar-refractivity contribution in [2.24, 2.45) is 4.99 Å². The lowest BCUT2D eigenvalue weighted by Gasteiger charge is -2.16. The van der Waals surface area contributed by atoms with Gasteiger partial charge in [0, 0.05) is 18.7 Å². The summed E-state index contributed by atoms with van der Waals surface area (Å²) in [5.41, 5.74) is 2.52. The molecule has 0 amide bonds. The first-order valence-electron chi connectivity index (χ1n) is 6.83. The topological polar surface area (TPSA) is 30.8 Å². The highest BCUT2D eigenvalue weighted by Gasteiger charge is 2.43. The summed E-state index contributed by atoms with van der Waals surface area (Å²) in [7, 11) is 5.17. The molecule has 1 aliphatic carbocycles. The molecule has 0 radical (unpaired) electrons. The number of aliphatic imine (C=N–C) groups is 1. The molecule has 3 heteroatoms. The summed E-state index contributed by atoms with van der Waals surface area (Å²) in [6.45, 7) is 6.05. The third-order valence-electron chi connectivity index (χ3n) is 3.40. The smallest absolute Gasteiger partial charge is 0.163 e. The van der Waals surface area contributed by atoms with Crippen LogP contribution in [0.5, 0.6) is 11.5 Å². The maximum absolute atomic E-state index is 5.39. The monoisotopic (exact) mass is 263 g/mol. The minimum absolute atomic E-state index is 0.138. The molecule has 0 spiro atoms. The quantitative estimate of drug-likeness (QED) is 0.774. The predicted molar refractivity (Wildman–Crippen MR) is 81.0 cm³/mol. The van der Waals surface area contributed by atoms with E-state index >= 15 is 0 Å². The van der Waals surface area contributed by atoms with Gasteiger partial charge in [-0.15, -0.1) is 0 Å². The molecule has 1 fully saturated rings. The van der Waals surface area contributed by atoms with E-state index in [9.17, 15) is 0 Å². The fourth-order valence-corrected chi connectivity index (χ4v) is 2.32. The molecule has 19 heavy (non-hydrogen) atoms. The Balaban J connectivity index is 0.000000861. The van der Waals surface area contributed by atoms with Crippen molar-refractivity contribution < 1.29 is 9.47 Å². The number of methoxy groups -OCH3 is 2. The Labute approximate surface area is 116 Å². The lowest BCUT2D eigenvalue weighted by atomic mass is 9.95. The van der Waals surface area contributed by atoms with Crippen LogP contribution in [0.15, 0.2) is 17.1 Å². The number of ether oxygens (including phenoxy) is 2. The van der Waals surface area contributed by atoms with Crippen molar-refractivity contribution in [2.75, 3.05) is 21.3 Å². The van der Waals surface area contributed by atoms with E-state index in [2.05, 4.69) is 17.1 Å². The van der Waals surface area contributed by atoms with Gasteiger partial charge >= 0.3 is 0 Å². The molecule has 0 aliphatic heterocycles. The summed E-state index contributed by atoms with van der Waals surface area (Å²) in [5.74, 6) is 1.62. The van der Waals surface area contributed by atoms with Crippen molar-refractivity contribution in [3.8, 4) is 11.5 Å². The Morgan fingerprint density at radius 2 is 1.79 bits per heavy atom. The normalized spacial score (nSPS) is 15.7. The first-order chi connectivity index (χ1) is 9.16. The maximum Gasteiger partial charge on any atom is 0.163 e. The van der Waals surface area contributed by atoms with Gasteiger partial charge in [-0.1, -0.05) is 19.9 Å². The van der Waals surface area contributed by atoms with Crippen molar-refractivity contribution in [1.82, 2.24) is 0 Å². The van der Waals surface area contributed by atoms with Gasteiger partial charge in [0.2, 0.25) is 0 Å². The lowest BCUT2D eigenvalue weighted by molar-refractivity contribution is 0.352. The van der Waals surface area contributed by atoms with Crippen LogP contribution in [-0.2, 0) is 5.41 Å². The lowest BCUT2D eigenvalue weighted by Crippen LogP contribution is -2.09. The second-order valence-corrected chi connectivity index (χ2v) is 4.57. The molecule has 0 unspecified atom stereocenters. The van der Waals surface area contributed by atoms with Crippen LogP contribution >= 0.6 is 0 Å². The van der Waals surface area contributed by atoms with E-state index in [1.165, 1.54) is 18.4 Å². The number of benzene rings is 1. The van der Waals surface area contributed by atoms with Gasteiger partial charge in [-0.25, -0.2) is 0 Å². The fraction of sp³-hybridized carbons (Fsp3) is 0.562. The number of aryl methyl sites for hydroxylation is 1. The van der Waals surface area contributed by atoms with Crippen LogP contribution < -0.4 is 9.47 Å². The molecule has 0 heterocycles. The molecule has 0 bridgehead atoms. The van der Waals surface area contributed by atoms with Crippen LogP contribution in [0.1, 0.15) is 37.8 Å². The zero-order valence-electron chi connectivity index (χ0n) is 12.9. The standard InChI is InChI=1S/C14H19NO2.C2H6/c1-10-7-11(14(5-6-14)9-15-2)8-12(16-3)13(10)17-4;1-2/h7-9H,5-6H2,1-4H3;1-2H3. The van der Waals surface area contributed by atoms with Gasteiger partial charge in [0.05, 0.1) is 14.2 Å². The van der Waals surface area contributed by atoms with Gasteiger partial charge in [-0.05, 0) is 37.0 Å². The second kappa shape index (κ2) is 6.60. The van der Waals surface area contributed by atoms with Gasteiger partial charge in [0.1, 0.15) is 0 Å². The Kier molecular flexibility index (Phi) is 5.40. The van der Waals surface area contributed by atoms with Gasteiger partial charge in [0.25, 0.3) is 0 Å². The molecule has 2 rings (SSSR count). The van der Waals surface area contributed by atoms with E-state index in [-0.39, 0.29) is 5.41 Å². The summed E-state index contributed by atoms with van der Waals surface area (Å²) in [6.07, 6.45) is 4.38. The molecule has 0 saturated heterocycles. The number of rotatable bonds is 4. The maximum atomic E-state index is 5.39. The Hall–Kier alpha value is -1.51. The van der Waals surface area contributed by atoms with Crippen LogP contribution in [0.2, 0.25) is 0 Å². The van der Waals surface area contributed by atoms with Crippen molar-refractivity contribution in [3.05, 3.63) is 23.3 Å². The molecule has 0 aromatic heterocycles. The molecule has 3 nitrogen and oxygen atoms in total. The highest BCUT2D eigenvalue weighted by Crippen LogP contribution is 2.49. The predicted octanol–water partition coefficient (Wildman–Crippen LogP) is 3.77. The average molecular weight is 263 g/mol. The van der Waals surface area contributed by atoms with Crippen molar-refractivity contribution >= 4 is 6.21 Å². The van der Waals surface area contributed by atoms with Gasteiger partial charge in [0.15, 0.2) is 11.5 Å². The highest BCUT2D eigenvalue weighted by atomic mass is 16.5. The minimum atomic E-state index is 0.138. The summed E-state index contributed by atoms with van der Waals surface area (Å²) < 4.78 is 10.7. The molecule has 1 aromatic rings. The highest BCUT2D eigenvalue weighted by molar-refractivity contribution is 5.78. The van der Waals surface area contributed by atoms with Gasteiger partial charge in [-0.3, -0.25) is 4.99 Å². The third kappa shape index (κ3) is 3.09. The SMILES string of the molecule is CC.CN=CC1(c2cc(C)c(OC)c(OC)c2)CC1. The summed E-state index contributed by atoms with van der Waals surface area (Å²) in [4.78, 5) is 4.18. The largest absolute Gasteiger partial charge is 0.493 e. The van der Waals surface area contributed by atoms with Gasteiger partial charge < -0.3 is 9.47 Å². The Morgan fingerprint density at radius 3 is 2.21 bits per heavy atom. The van der Waals surface area contributed by atoms with E-state index in [0.29, 0.717) is 0 Å². The number of nitrogens with zero attached hydrogens (tertiary/aromatic N) is 1. The van der Waals surface area contributed by atoms with E-state index in [4.69, 9.17) is 9.47 Å². The van der Waals surface area contributed by atoms with E-state index < -0.39 is 0 Å². The molecule has 1 saturated carbocycles. The second-order valence-electron chi connectivity index (χ2n) is 4.57. The Morgan fingerprint density at radius 1 is 1.16 bits per heavy atom. The zero-order valence-corrected chi connectivity index (χ0v) is 12.9. The minimum Gasteiger partial charge on any atom is -0.493 e. The van der Waals surface area contributed by atoms with Crippen molar-refractivity contribution in [3.63, 3.8) is 0 Å². The number of hydrogen-bond donors (Lipinski definition) is 0. The molecular formula is C16H25NO2. The Bertz CT molecular complexity index is 448. The van der Waals surface area contributed by atoms with Crippen molar-refractivity contribution in [2.45, 2.75) is 39.0 Å². The van der Waals surface area contributed by atoms with Gasteiger partial charge in [-0.2, -0.15) is 0 Å².